The van der Waals surface area contributed by atoms with Gasteiger partial charge >= 0.3 is 6.09 Å². The predicted octanol–water partition coefficient (Wildman–Crippen LogP) is 5.49. The number of benzene rings is 1. The first-order valence-electron chi connectivity index (χ1n) is 12.3. The Balaban J connectivity index is 1.48. The number of halogens is 1. The van der Waals surface area contributed by atoms with Gasteiger partial charge in [-0.25, -0.2) is 19.2 Å². The molecule has 0 unspecified atom stereocenters. The van der Waals surface area contributed by atoms with E-state index < -0.39 is 6.09 Å². The number of carboxylic acid groups (broad SMARTS) is 1. The number of hydrogen-bond acceptors (Lipinski definition) is 5. The van der Waals surface area contributed by atoms with E-state index in [9.17, 15) is 14.3 Å². The maximum Gasteiger partial charge on any atom is 0.407 e. The number of carbonyl (C=O) groups is 1. The summed E-state index contributed by atoms with van der Waals surface area (Å²) < 4.78 is 13.6. The molecule has 35 heavy (non-hydrogen) atoms. The fourth-order valence-corrected chi connectivity index (χ4v) is 4.95. The quantitative estimate of drug-likeness (QED) is 0.508. The summed E-state index contributed by atoms with van der Waals surface area (Å²) in [7, 11) is 0. The Morgan fingerprint density at radius 2 is 1.69 bits per heavy atom. The number of nitrogens with zero attached hydrogens (tertiary/aromatic N) is 4. The Morgan fingerprint density at radius 1 is 0.943 bits per heavy atom. The third-order valence-corrected chi connectivity index (χ3v) is 6.90. The van der Waals surface area contributed by atoms with E-state index in [1.807, 2.05) is 24.3 Å². The highest BCUT2D eigenvalue weighted by Gasteiger charge is 2.22. The van der Waals surface area contributed by atoms with Crippen molar-refractivity contribution in [3.63, 3.8) is 0 Å². The van der Waals surface area contributed by atoms with E-state index in [1.165, 1.54) is 36.3 Å². The SMILES string of the molecule is O=C(O)N1CCN(c2ccc(-c3ccc(F)cc3)c(-c3ccnc(NC4CCCCC4)c3)n2)CC1. The van der Waals surface area contributed by atoms with Crippen molar-refractivity contribution in [3.05, 3.63) is 60.5 Å². The Labute approximate surface area is 204 Å². The largest absolute Gasteiger partial charge is 0.465 e. The zero-order chi connectivity index (χ0) is 24.2. The molecule has 2 aliphatic rings. The lowest BCUT2D eigenvalue weighted by atomic mass is 9.95. The van der Waals surface area contributed by atoms with Crippen LogP contribution in [0.25, 0.3) is 22.4 Å². The van der Waals surface area contributed by atoms with Crippen LogP contribution in [-0.2, 0) is 0 Å². The van der Waals surface area contributed by atoms with Crippen LogP contribution in [0.5, 0.6) is 0 Å². The molecule has 2 aromatic heterocycles. The molecule has 0 spiro atoms. The minimum absolute atomic E-state index is 0.279. The van der Waals surface area contributed by atoms with Crippen molar-refractivity contribution in [2.45, 2.75) is 38.1 Å². The molecule has 182 valence electrons. The Kier molecular flexibility index (Phi) is 6.79. The van der Waals surface area contributed by atoms with Gasteiger partial charge in [0.25, 0.3) is 0 Å². The number of aromatic nitrogens is 2. The summed E-state index contributed by atoms with van der Waals surface area (Å²) in [6, 6.07) is 14.9. The van der Waals surface area contributed by atoms with Crippen molar-refractivity contribution in [1.82, 2.24) is 14.9 Å². The highest BCUT2D eigenvalue weighted by atomic mass is 19.1. The topological polar surface area (TPSA) is 81.6 Å². The van der Waals surface area contributed by atoms with Gasteiger partial charge in [-0.05, 0) is 54.8 Å². The predicted molar refractivity (Wildman–Crippen MR) is 135 cm³/mol. The molecule has 3 aromatic rings. The van der Waals surface area contributed by atoms with Crippen LogP contribution in [0.3, 0.4) is 0 Å². The normalized spacial score (nSPS) is 16.8. The summed E-state index contributed by atoms with van der Waals surface area (Å²) in [5.41, 5.74) is 3.52. The number of pyridine rings is 2. The van der Waals surface area contributed by atoms with Crippen molar-refractivity contribution in [2.24, 2.45) is 0 Å². The zero-order valence-electron chi connectivity index (χ0n) is 19.7. The van der Waals surface area contributed by atoms with Crippen LogP contribution in [0, 0.1) is 5.82 Å². The molecular formula is C27H30FN5O2. The van der Waals surface area contributed by atoms with Gasteiger partial charge in [0.1, 0.15) is 17.5 Å². The van der Waals surface area contributed by atoms with E-state index in [1.54, 1.807) is 18.3 Å². The average Bonchev–Trinajstić information content (AvgIpc) is 2.90. The summed E-state index contributed by atoms with van der Waals surface area (Å²) in [6.07, 6.45) is 7.00. The Morgan fingerprint density at radius 3 is 2.40 bits per heavy atom. The molecule has 0 atom stereocenters. The van der Waals surface area contributed by atoms with Crippen LogP contribution in [-0.4, -0.2) is 58.3 Å². The van der Waals surface area contributed by atoms with E-state index in [0.29, 0.717) is 32.2 Å². The molecule has 2 fully saturated rings. The molecule has 1 amide bonds. The number of amides is 1. The fraction of sp³-hybridized carbons (Fsp3) is 0.370. The van der Waals surface area contributed by atoms with E-state index in [0.717, 1.165) is 46.9 Å². The van der Waals surface area contributed by atoms with Crippen LogP contribution < -0.4 is 10.2 Å². The van der Waals surface area contributed by atoms with E-state index in [-0.39, 0.29) is 5.82 Å². The maximum atomic E-state index is 13.6. The Hall–Kier alpha value is -3.68. The van der Waals surface area contributed by atoms with Gasteiger partial charge in [0.15, 0.2) is 0 Å². The number of nitrogens with one attached hydrogen (secondary N) is 1. The van der Waals surface area contributed by atoms with E-state index in [2.05, 4.69) is 15.2 Å². The second-order valence-corrected chi connectivity index (χ2v) is 9.24. The second kappa shape index (κ2) is 10.3. The molecule has 1 aliphatic heterocycles. The first kappa shape index (κ1) is 23.1. The minimum atomic E-state index is -0.889. The first-order valence-corrected chi connectivity index (χ1v) is 12.3. The molecule has 7 nitrogen and oxygen atoms in total. The molecule has 3 heterocycles. The summed E-state index contributed by atoms with van der Waals surface area (Å²) in [5.74, 6) is 1.36. The third-order valence-electron chi connectivity index (χ3n) is 6.90. The smallest absolute Gasteiger partial charge is 0.407 e. The van der Waals surface area contributed by atoms with Crippen LogP contribution in [0.4, 0.5) is 20.8 Å². The molecule has 8 heteroatoms. The van der Waals surface area contributed by atoms with Gasteiger partial charge in [0, 0.05) is 49.5 Å². The van der Waals surface area contributed by atoms with Crippen LogP contribution >= 0.6 is 0 Å². The van der Waals surface area contributed by atoms with Crippen LogP contribution in [0.15, 0.2) is 54.7 Å². The van der Waals surface area contributed by atoms with Crippen molar-refractivity contribution >= 4 is 17.7 Å². The molecule has 0 radical (unpaired) electrons. The van der Waals surface area contributed by atoms with Crippen molar-refractivity contribution < 1.29 is 14.3 Å². The van der Waals surface area contributed by atoms with Crippen molar-refractivity contribution in [2.75, 3.05) is 36.4 Å². The summed E-state index contributed by atoms with van der Waals surface area (Å²) >= 11 is 0. The summed E-state index contributed by atoms with van der Waals surface area (Å²) in [4.78, 5) is 24.4. The second-order valence-electron chi connectivity index (χ2n) is 9.24. The van der Waals surface area contributed by atoms with Crippen LogP contribution in [0.1, 0.15) is 32.1 Å². The van der Waals surface area contributed by atoms with Gasteiger partial charge in [0.05, 0.1) is 5.69 Å². The molecule has 1 saturated heterocycles. The van der Waals surface area contributed by atoms with Gasteiger partial charge in [-0.15, -0.1) is 0 Å². The van der Waals surface area contributed by atoms with Gasteiger partial charge in [-0.3, -0.25) is 0 Å². The average molecular weight is 476 g/mol. The molecule has 0 bridgehead atoms. The molecule has 2 N–H and O–H groups in total. The van der Waals surface area contributed by atoms with Gasteiger partial charge in [0.2, 0.25) is 0 Å². The minimum Gasteiger partial charge on any atom is -0.465 e. The standard InChI is InChI=1S/C27H30FN5O2/c28-21-8-6-19(7-9-21)23-10-11-25(32-14-16-33(17-15-32)27(34)35)31-26(23)20-12-13-29-24(18-20)30-22-4-2-1-3-5-22/h6-13,18,22H,1-5,14-17H2,(H,29,30)(H,34,35). The highest BCUT2D eigenvalue weighted by molar-refractivity contribution is 5.82. The maximum absolute atomic E-state index is 13.6. The zero-order valence-corrected chi connectivity index (χ0v) is 19.7. The fourth-order valence-electron chi connectivity index (χ4n) is 4.95. The van der Waals surface area contributed by atoms with Crippen molar-refractivity contribution in [1.29, 1.82) is 0 Å². The van der Waals surface area contributed by atoms with Gasteiger partial charge < -0.3 is 20.2 Å². The Bertz CT molecular complexity index is 1170. The van der Waals surface area contributed by atoms with Crippen molar-refractivity contribution in [3.8, 4) is 22.4 Å². The monoisotopic (exact) mass is 475 g/mol. The lowest BCUT2D eigenvalue weighted by molar-refractivity contribution is 0.142. The number of piperazine rings is 1. The summed E-state index contributed by atoms with van der Waals surface area (Å²) in [5, 5.41) is 12.9. The number of rotatable bonds is 5. The lowest BCUT2D eigenvalue weighted by Gasteiger charge is -2.34. The molecule has 1 saturated carbocycles. The first-order chi connectivity index (χ1) is 17.1. The highest BCUT2D eigenvalue weighted by Crippen LogP contribution is 2.34. The van der Waals surface area contributed by atoms with E-state index >= 15 is 0 Å². The molecule has 1 aromatic carbocycles. The number of hydrogen-bond donors (Lipinski definition) is 2. The van der Waals surface area contributed by atoms with E-state index in [4.69, 9.17) is 4.98 Å². The third kappa shape index (κ3) is 5.37. The van der Waals surface area contributed by atoms with Gasteiger partial charge in [-0.2, -0.15) is 0 Å². The molecule has 1 aliphatic carbocycles. The lowest BCUT2D eigenvalue weighted by Crippen LogP contribution is -2.48. The number of anilines is 2. The summed E-state index contributed by atoms with van der Waals surface area (Å²) in [6.45, 7) is 2.05. The molecular weight excluding hydrogens is 445 g/mol. The van der Waals surface area contributed by atoms with Gasteiger partial charge in [-0.1, -0.05) is 31.4 Å². The van der Waals surface area contributed by atoms with Crippen LogP contribution in [0.2, 0.25) is 0 Å². The molecule has 5 rings (SSSR count).